The van der Waals surface area contributed by atoms with Crippen LogP contribution in [0, 0.1) is 32.4 Å². The van der Waals surface area contributed by atoms with Crippen molar-refractivity contribution >= 4 is 44.7 Å². The predicted molar refractivity (Wildman–Crippen MR) is 143 cm³/mol. The first-order valence-electron chi connectivity index (χ1n) is 10.3. The molecule has 36 heavy (non-hydrogen) atoms. The number of nitrogens with zero attached hydrogens (tertiary/aromatic N) is 1. The van der Waals surface area contributed by atoms with E-state index in [0.717, 1.165) is 5.56 Å². The summed E-state index contributed by atoms with van der Waals surface area (Å²) in [6.07, 6.45) is 0. The molecule has 0 heterocycles. The van der Waals surface area contributed by atoms with Gasteiger partial charge in [-0.05, 0) is 70.0 Å². The van der Waals surface area contributed by atoms with Crippen molar-refractivity contribution in [2.24, 2.45) is 5.10 Å². The second-order valence-electron chi connectivity index (χ2n) is 7.77. The first kappa shape index (κ1) is 31.2. The number of hydrazone groups is 1. The number of halogens is 4. The highest BCUT2D eigenvalue weighted by molar-refractivity contribution is 7.89. The molecule has 194 valence electrons. The van der Waals surface area contributed by atoms with Crippen LogP contribution in [0.3, 0.4) is 0 Å². The molecule has 0 aromatic heterocycles. The second-order valence-corrected chi connectivity index (χ2v) is 10.2. The first-order chi connectivity index (χ1) is 16.3. The van der Waals surface area contributed by atoms with E-state index in [2.05, 4.69) is 9.93 Å². The van der Waals surface area contributed by atoms with E-state index in [0.29, 0.717) is 11.1 Å². The van der Waals surface area contributed by atoms with Crippen LogP contribution in [0.15, 0.2) is 58.5 Å². The molecule has 1 N–H and O–H groups in total. The Morgan fingerprint density at radius 1 is 0.806 bits per heavy atom. The molecule has 0 fully saturated rings. The Morgan fingerprint density at radius 2 is 1.25 bits per heavy atom. The number of carbonyl (C=O) groups excluding carboxylic acids is 1. The third kappa shape index (κ3) is 7.59. The Morgan fingerprint density at radius 3 is 1.69 bits per heavy atom. The molecule has 3 aromatic rings. The number of Topliss-reactive ketones (excluding diaryl/α,β-unsaturated/α-hetero) is 1. The number of carbonyl (C=O) groups is 1. The molecule has 0 aliphatic heterocycles. The maximum Gasteiger partial charge on any atom is 0.276 e. The summed E-state index contributed by atoms with van der Waals surface area (Å²) < 4.78 is 51.2. The van der Waals surface area contributed by atoms with E-state index in [1.54, 1.807) is 38.1 Å². The van der Waals surface area contributed by atoms with Crippen LogP contribution < -0.4 is 4.83 Å². The van der Waals surface area contributed by atoms with E-state index in [4.69, 9.17) is 23.2 Å². The Kier molecular flexibility index (Phi) is 11.2. The minimum Gasteiger partial charge on any atom is -0.294 e. The third-order valence-electron chi connectivity index (χ3n) is 4.95. The Hall–Kier alpha value is -2.81. The van der Waals surface area contributed by atoms with Gasteiger partial charge in [-0.1, -0.05) is 60.5 Å². The molecular weight excluding hydrogens is 529 g/mol. The van der Waals surface area contributed by atoms with Crippen molar-refractivity contribution in [3.8, 4) is 0 Å². The highest BCUT2D eigenvalue weighted by Crippen LogP contribution is 2.25. The number of hydrogen-bond acceptors (Lipinski definition) is 4. The van der Waals surface area contributed by atoms with E-state index >= 15 is 0 Å². The number of sulfonamides is 1. The molecule has 0 spiro atoms. The molecule has 0 radical (unpaired) electrons. The van der Waals surface area contributed by atoms with Gasteiger partial charge in [0.2, 0.25) is 0 Å². The molecule has 0 aliphatic rings. The summed E-state index contributed by atoms with van der Waals surface area (Å²) in [5.74, 6) is -1.46. The number of nitrogens with one attached hydrogen (secondary N) is 1. The van der Waals surface area contributed by atoms with Crippen molar-refractivity contribution in [1.29, 1.82) is 0 Å². The van der Waals surface area contributed by atoms with Crippen molar-refractivity contribution in [1.82, 2.24) is 4.83 Å². The lowest BCUT2D eigenvalue weighted by atomic mass is 10.1. The van der Waals surface area contributed by atoms with Crippen LogP contribution in [0.4, 0.5) is 8.78 Å². The average molecular weight is 557 g/mol. The van der Waals surface area contributed by atoms with Gasteiger partial charge in [0.25, 0.3) is 10.0 Å². The zero-order chi connectivity index (χ0) is 26.5. The van der Waals surface area contributed by atoms with Gasteiger partial charge in [0, 0.05) is 0 Å². The van der Waals surface area contributed by atoms with Crippen LogP contribution in [0.25, 0.3) is 0 Å². The Bertz CT molecular complexity index is 1390. The van der Waals surface area contributed by atoms with Crippen LogP contribution >= 0.6 is 23.2 Å². The minimum atomic E-state index is -3.82. The van der Waals surface area contributed by atoms with Crippen LogP contribution in [-0.4, -0.2) is 19.9 Å². The van der Waals surface area contributed by atoms with E-state index in [-0.39, 0.29) is 45.0 Å². The highest BCUT2D eigenvalue weighted by Gasteiger charge is 2.16. The van der Waals surface area contributed by atoms with Gasteiger partial charge in [0.15, 0.2) is 5.78 Å². The second kappa shape index (κ2) is 12.9. The summed E-state index contributed by atoms with van der Waals surface area (Å²) in [5.41, 5.74) is 2.54. The Labute approximate surface area is 221 Å². The average Bonchev–Trinajstić information content (AvgIpc) is 2.78. The SMILES string of the molecule is C.CC(=NNS(=O)(=O)c1ccc(C)cc1)c1c(F)ccc(C)c1Cl.CC(=O)c1c(F)ccc(C)c1Cl. The van der Waals surface area contributed by atoms with Crippen LogP contribution in [0.1, 0.15) is 53.9 Å². The number of rotatable bonds is 5. The first-order valence-corrected chi connectivity index (χ1v) is 12.5. The van der Waals surface area contributed by atoms with Crippen LogP contribution in [0.5, 0.6) is 0 Å². The minimum absolute atomic E-state index is 0. The Balaban J connectivity index is 0.000000422. The molecule has 0 saturated heterocycles. The smallest absolute Gasteiger partial charge is 0.276 e. The van der Waals surface area contributed by atoms with Crippen molar-refractivity contribution in [2.45, 2.75) is 46.9 Å². The largest absolute Gasteiger partial charge is 0.294 e. The van der Waals surface area contributed by atoms with Crippen molar-refractivity contribution < 1.29 is 22.0 Å². The highest BCUT2D eigenvalue weighted by atomic mass is 35.5. The third-order valence-corrected chi connectivity index (χ3v) is 7.15. The van der Waals surface area contributed by atoms with Crippen LogP contribution in [0.2, 0.25) is 10.0 Å². The molecule has 0 amide bonds. The van der Waals surface area contributed by atoms with Gasteiger partial charge in [-0.3, -0.25) is 4.79 Å². The molecule has 0 atom stereocenters. The number of ketones is 1. The summed E-state index contributed by atoms with van der Waals surface area (Å²) >= 11 is 11.8. The molecule has 0 aliphatic carbocycles. The van der Waals surface area contributed by atoms with Gasteiger partial charge in [-0.25, -0.2) is 8.78 Å². The van der Waals surface area contributed by atoms with Gasteiger partial charge < -0.3 is 0 Å². The van der Waals surface area contributed by atoms with Crippen molar-refractivity contribution in [3.63, 3.8) is 0 Å². The fraction of sp³-hybridized carbons (Fsp3) is 0.231. The summed E-state index contributed by atoms with van der Waals surface area (Å²) in [7, 11) is -3.82. The lowest BCUT2D eigenvalue weighted by molar-refractivity contribution is 0.101. The monoisotopic (exact) mass is 556 g/mol. The zero-order valence-corrected chi connectivity index (χ0v) is 22.0. The molecule has 3 rings (SSSR count). The fourth-order valence-electron chi connectivity index (χ4n) is 2.92. The lowest BCUT2D eigenvalue weighted by Gasteiger charge is -2.09. The standard InChI is InChI=1S/C16H16ClFN2O2S.C9H8ClFO.CH4/c1-10-4-7-13(8-5-10)23(21,22)20-19-12(3)15-14(18)9-6-11(2)16(15)17;1-5-3-4-7(11)8(6(2)12)9(5)10;/h4-9,20H,1-3H3;3-4H,1-2H3;1H4. The van der Waals surface area contributed by atoms with Gasteiger partial charge in [-0.2, -0.15) is 18.4 Å². The van der Waals surface area contributed by atoms with E-state index in [1.807, 2.05) is 6.92 Å². The summed E-state index contributed by atoms with van der Waals surface area (Å²) in [6, 6.07) is 11.9. The van der Waals surface area contributed by atoms with Crippen LogP contribution in [-0.2, 0) is 10.0 Å². The van der Waals surface area contributed by atoms with Gasteiger partial charge in [-0.15, -0.1) is 0 Å². The quantitative estimate of drug-likeness (QED) is 0.202. The fourth-order valence-corrected chi connectivity index (χ4v) is 4.36. The zero-order valence-electron chi connectivity index (χ0n) is 19.7. The molecule has 3 aromatic carbocycles. The summed E-state index contributed by atoms with van der Waals surface area (Å²) in [5, 5.41) is 4.20. The summed E-state index contributed by atoms with van der Waals surface area (Å²) in [6.45, 7) is 8.10. The lowest BCUT2D eigenvalue weighted by Crippen LogP contribution is -2.20. The predicted octanol–water partition coefficient (Wildman–Crippen LogP) is 7.42. The maximum atomic E-state index is 13.9. The number of benzene rings is 3. The molecule has 0 unspecified atom stereocenters. The molecule has 5 nitrogen and oxygen atoms in total. The van der Waals surface area contributed by atoms with Gasteiger partial charge >= 0.3 is 0 Å². The maximum absolute atomic E-state index is 13.9. The van der Waals surface area contributed by atoms with E-state index < -0.39 is 21.7 Å². The van der Waals surface area contributed by atoms with Crippen molar-refractivity contribution in [2.75, 3.05) is 0 Å². The molecule has 0 bridgehead atoms. The van der Waals surface area contributed by atoms with E-state index in [1.165, 1.54) is 38.1 Å². The topological polar surface area (TPSA) is 75.6 Å². The summed E-state index contributed by atoms with van der Waals surface area (Å²) in [4.78, 5) is 13.1. The molecule has 10 heteroatoms. The number of hydrogen-bond donors (Lipinski definition) is 1. The van der Waals surface area contributed by atoms with E-state index in [9.17, 15) is 22.0 Å². The molecular formula is C26H28Cl2F2N2O3S. The van der Waals surface area contributed by atoms with Gasteiger partial charge in [0.1, 0.15) is 11.6 Å². The van der Waals surface area contributed by atoms with Gasteiger partial charge in [0.05, 0.1) is 31.8 Å². The van der Waals surface area contributed by atoms with Crippen molar-refractivity contribution in [3.05, 3.63) is 98.0 Å². The molecule has 0 saturated carbocycles. The normalized spacial score (nSPS) is 11.2. The number of aryl methyl sites for hydroxylation is 3.